The highest BCUT2D eigenvalue weighted by Crippen LogP contribution is 2.14. The van der Waals surface area contributed by atoms with Crippen molar-refractivity contribution < 1.29 is 13.9 Å². The molecule has 0 bridgehead atoms. The van der Waals surface area contributed by atoms with Gasteiger partial charge in [0.1, 0.15) is 5.82 Å². The summed E-state index contributed by atoms with van der Waals surface area (Å²) in [5.41, 5.74) is 0.495. The summed E-state index contributed by atoms with van der Waals surface area (Å²) in [4.78, 5) is 12.0. The molecule has 0 fully saturated rings. The topological polar surface area (TPSA) is 38.3 Å². The van der Waals surface area contributed by atoms with Crippen LogP contribution in [-0.4, -0.2) is 25.7 Å². The molecule has 3 nitrogen and oxygen atoms in total. The van der Waals surface area contributed by atoms with Gasteiger partial charge >= 0.3 is 0 Å². The van der Waals surface area contributed by atoms with Crippen LogP contribution in [0.1, 0.15) is 30.1 Å². The van der Waals surface area contributed by atoms with Gasteiger partial charge in [-0.3, -0.25) is 4.79 Å². The Morgan fingerprint density at radius 1 is 1.56 bits per heavy atom. The predicted octanol–water partition coefficient (Wildman–Crippen LogP) is 2.98. The van der Waals surface area contributed by atoms with Crippen LogP contribution in [0.3, 0.4) is 0 Å². The summed E-state index contributed by atoms with van der Waals surface area (Å²) in [5.74, 6) is -0.521. The molecular formula is C13H17FINO2. The van der Waals surface area contributed by atoms with E-state index in [1.807, 2.05) is 22.6 Å². The number of carbonyl (C=O) groups excluding carboxylic acids is 1. The lowest BCUT2D eigenvalue weighted by Crippen LogP contribution is -2.38. The van der Waals surface area contributed by atoms with E-state index in [1.165, 1.54) is 18.2 Å². The minimum Gasteiger partial charge on any atom is -0.383 e. The molecule has 5 heteroatoms. The van der Waals surface area contributed by atoms with E-state index in [-0.39, 0.29) is 17.8 Å². The highest BCUT2D eigenvalue weighted by atomic mass is 127. The van der Waals surface area contributed by atoms with E-state index in [2.05, 4.69) is 12.2 Å². The maximum absolute atomic E-state index is 13.0. The Morgan fingerprint density at radius 3 is 2.83 bits per heavy atom. The van der Waals surface area contributed by atoms with Crippen molar-refractivity contribution in [3.8, 4) is 0 Å². The molecule has 18 heavy (non-hydrogen) atoms. The largest absolute Gasteiger partial charge is 0.383 e. The zero-order valence-corrected chi connectivity index (χ0v) is 12.7. The van der Waals surface area contributed by atoms with Crippen molar-refractivity contribution in [3.63, 3.8) is 0 Å². The number of halogens is 2. The molecule has 0 saturated heterocycles. The van der Waals surface area contributed by atoms with Gasteiger partial charge < -0.3 is 10.1 Å². The van der Waals surface area contributed by atoms with Crippen molar-refractivity contribution in [2.24, 2.45) is 0 Å². The Morgan fingerprint density at radius 2 is 2.28 bits per heavy atom. The molecule has 0 aliphatic heterocycles. The molecule has 1 N–H and O–H groups in total. The molecule has 0 aliphatic rings. The van der Waals surface area contributed by atoms with Gasteiger partial charge in [0.2, 0.25) is 0 Å². The third kappa shape index (κ3) is 4.53. The molecule has 1 atom stereocenters. The van der Waals surface area contributed by atoms with Crippen molar-refractivity contribution in [2.75, 3.05) is 13.7 Å². The number of hydrogen-bond donors (Lipinski definition) is 1. The van der Waals surface area contributed by atoms with E-state index < -0.39 is 0 Å². The molecule has 0 aromatic heterocycles. The first-order valence-electron chi connectivity index (χ1n) is 5.83. The smallest absolute Gasteiger partial charge is 0.252 e. The van der Waals surface area contributed by atoms with Crippen LogP contribution in [-0.2, 0) is 4.74 Å². The Kier molecular flexibility index (Phi) is 6.56. The molecule has 0 spiro atoms. The molecular weight excluding hydrogens is 348 g/mol. The van der Waals surface area contributed by atoms with Crippen LogP contribution in [0.25, 0.3) is 0 Å². The minimum absolute atomic E-state index is 0.00615. The van der Waals surface area contributed by atoms with E-state index in [0.717, 1.165) is 12.8 Å². The average Bonchev–Trinajstić information content (AvgIpc) is 2.29. The first kappa shape index (κ1) is 15.4. The quantitative estimate of drug-likeness (QED) is 0.788. The van der Waals surface area contributed by atoms with E-state index in [4.69, 9.17) is 4.74 Å². The van der Waals surface area contributed by atoms with Gasteiger partial charge in [-0.15, -0.1) is 0 Å². The van der Waals surface area contributed by atoms with E-state index in [1.54, 1.807) is 7.11 Å². The van der Waals surface area contributed by atoms with Crippen LogP contribution in [0.15, 0.2) is 18.2 Å². The average molecular weight is 365 g/mol. The lowest BCUT2D eigenvalue weighted by molar-refractivity contribution is 0.0890. The van der Waals surface area contributed by atoms with Gasteiger partial charge in [0.15, 0.2) is 0 Å². The SMILES string of the molecule is CCCC(COC)NC(=O)c1ccc(F)cc1I. The highest BCUT2D eigenvalue weighted by Gasteiger charge is 2.15. The summed E-state index contributed by atoms with van der Waals surface area (Å²) in [7, 11) is 1.61. The van der Waals surface area contributed by atoms with Crippen molar-refractivity contribution in [2.45, 2.75) is 25.8 Å². The minimum atomic E-state index is -0.335. The van der Waals surface area contributed by atoms with Crippen LogP contribution in [0.5, 0.6) is 0 Å². The lowest BCUT2D eigenvalue weighted by atomic mass is 10.1. The van der Waals surface area contributed by atoms with Gasteiger partial charge in [-0.05, 0) is 47.2 Å². The van der Waals surface area contributed by atoms with Gasteiger partial charge in [0.25, 0.3) is 5.91 Å². The van der Waals surface area contributed by atoms with Crippen LogP contribution in [0.4, 0.5) is 4.39 Å². The second kappa shape index (κ2) is 7.68. The molecule has 1 aromatic rings. The second-order valence-corrected chi connectivity index (χ2v) is 5.20. The number of rotatable bonds is 6. The fourth-order valence-electron chi connectivity index (χ4n) is 1.68. The highest BCUT2D eigenvalue weighted by molar-refractivity contribution is 14.1. The third-order valence-corrected chi connectivity index (χ3v) is 3.41. The molecule has 0 radical (unpaired) electrons. The molecule has 1 unspecified atom stereocenters. The van der Waals surface area contributed by atoms with E-state index in [9.17, 15) is 9.18 Å². The normalized spacial score (nSPS) is 12.2. The molecule has 1 rings (SSSR count). The summed E-state index contributed by atoms with van der Waals surface area (Å²) < 4.78 is 18.6. The van der Waals surface area contributed by atoms with Crippen LogP contribution < -0.4 is 5.32 Å². The van der Waals surface area contributed by atoms with Crippen LogP contribution >= 0.6 is 22.6 Å². The van der Waals surface area contributed by atoms with E-state index in [0.29, 0.717) is 15.7 Å². The maximum Gasteiger partial charge on any atom is 0.252 e. The summed E-state index contributed by atoms with van der Waals surface area (Å²) in [5, 5.41) is 2.90. The van der Waals surface area contributed by atoms with Gasteiger partial charge in [-0.25, -0.2) is 4.39 Å². The Hall–Kier alpha value is -0.690. The summed E-state index contributed by atoms with van der Waals surface area (Å²) in [6.07, 6.45) is 1.83. The maximum atomic E-state index is 13.0. The molecule has 0 saturated carbocycles. The fourth-order valence-corrected chi connectivity index (χ4v) is 2.41. The lowest BCUT2D eigenvalue weighted by Gasteiger charge is -2.17. The number of hydrogen-bond acceptors (Lipinski definition) is 2. The third-order valence-electron chi connectivity index (χ3n) is 2.52. The van der Waals surface area contributed by atoms with Gasteiger partial charge in [0, 0.05) is 10.7 Å². The summed E-state index contributed by atoms with van der Waals surface area (Å²) >= 11 is 1.96. The first-order valence-corrected chi connectivity index (χ1v) is 6.91. The molecule has 1 aromatic carbocycles. The number of nitrogens with one attached hydrogen (secondary N) is 1. The number of amides is 1. The second-order valence-electron chi connectivity index (χ2n) is 4.04. The molecule has 0 heterocycles. The zero-order valence-electron chi connectivity index (χ0n) is 10.5. The Bertz CT molecular complexity index is 406. The van der Waals surface area contributed by atoms with Crippen LogP contribution in [0.2, 0.25) is 0 Å². The van der Waals surface area contributed by atoms with Crippen molar-refractivity contribution >= 4 is 28.5 Å². The predicted molar refractivity (Wildman–Crippen MR) is 77.2 cm³/mol. The van der Waals surface area contributed by atoms with Gasteiger partial charge in [-0.1, -0.05) is 13.3 Å². The van der Waals surface area contributed by atoms with Crippen molar-refractivity contribution in [1.29, 1.82) is 0 Å². The molecule has 0 aliphatic carbocycles. The van der Waals surface area contributed by atoms with Crippen LogP contribution in [0, 0.1) is 9.39 Å². The molecule has 1 amide bonds. The summed E-state index contributed by atoms with van der Waals surface area (Å²) in [6, 6.07) is 4.14. The number of methoxy groups -OCH3 is 1. The van der Waals surface area contributed by atoms with Crippen molar-refractivity contribution in [3.05, 3.63) is 33.1 Å². The van der Waals surface area contributed by atoms with Crippen molar-refractivity contribution in [1.82, 2.24) is 5.32 Å². The van der Waals surface area contributed by atoms with Gasteiger partial charge in [-0.2, -0.15) is 0 Å². The first-order chi connectivity index (χ1) is 8.58. The zero-order chi connectivity index (χ0) is 13.5. The number of benzene rings is 1. The van der Waals surface area contributed by atoms with Gasteiger partial charge in [0.05, 0.1) is 18.2 Å². The van der Waals surface area contributed by atoms with E-state index >= 15 is 0 Å². The Balaban J connectivity index is 2.73. The Labute approximate surface area is 120 Å². The monoisotopic (exact) mass is 365 g/mol. The summed E-state index contributed by atoms with van der Waals surface area (Å²) in [6.45, 7) is 2.54. The fraction of sp³-hybridized carbons (Fsp3) is 0.462. The number of carbonyl (C=O) groups is 1. The number of ether oxygens (including phenoxy) is 1. The molecule has 100 valence electrons. The standard InChI is InChI=1S/C13H17FINO2/c1-3-4-10(8-18-2)16-13(17)11-6-5-9(14)7-12(11)15/h5-7,10H,3-4,8H2,1-2H3,(H,16,17).